The highest BCUT2D eigenvalue weighted by molar-refractivity contribution is 7.91. The Bertz CT molecular complexity index is 524. The van der Waals surface area contributed by atoms with Crippen LogP contribution in [0.3, 0.4) is 0 Å². The third-order valence-electron chi connectivity index (χ3n) is 4.77. The zero-order chi connectivity index (χ0) is 16.3. The standard InChI is InChI=1S/C15H26N2O4S/c1-3-14(18)16-8-5-12(6-9-16)15(19)17(4-2)13-7-10-22(20,21)11-13/h12-13H,3-11H2,1-2H3. The molecule has 0 aliphatic carbocycles. The lowest BCUT2D eigenvalue weighted by Crippen LogP contribution is -2.48. The Morgan fingerprint density at radius 3 is 2.23 bits per heavy atom. The summed E-state index contributed by atoms with van der Waals surface area (Å²) in [7, 11) is -2.99. The van der Waals surface area contributed by atoms with E-state index in [1.54, 1.807) is 4.90 Å². The minimum atomic E-state index is -2.99. The van der Waals surface area contributed by atoms with E-state index in [0.717, 1.165) is 0 Å². The van der Waals surface area contributed by atoms with E-state index in [9.17, 15) is 18.0 Å². The summed E-state index contributed by atoms with van der Waals surface area (Å²) in [5.74, 6) is 0.405. The predicted molar refractivity (Wildman–Crippen MR) is 84.0 cm³/mol. The summed E-state index contributed by atoms with van der Waals surface area (Å²) < 4.78 is 23.3. The summed E-state index contributed by atoms with van der Waals surface area (Å²) in [5.41, 5.74) is 0. The average Bonchev–Trinajstić information content (AvgIpc) is 2.87. The van der Waals surface area contributed by atoms with Gasteiger partial charge in [-0.3, -0.25) is 9.59 Å². The molecule has 2 saturated heterocycles. The number of rotatable bonds is 4. The fraction of sp³-hybridized carbons (Fsp3) is 0.867. The van der Waals surface area contributed by atoms with Gasteiger partial charge in [0.25, 0.3) is 0 Å². The topological polar surface area (TPSA) is 74.8 Å². The monoisotopic (exact) mass is 330 g/mol. The molecule has 2 amide bonds. The molecule has 126 valence electrons. The summed E-state index contributed by atoms with van der Waals surface area (Å²) >= 11 is 0. The number of carbonyl (C=O) groups excluding carboxylic acids is 2. The Kier molecular flexibility index (Phi) is 5.47. The van der Waals surface area contributed by atoms with E-state index < -0.39 is 9.84 Å². The molecule has 0 N–H and O–H groups in total. The normalized spacial score (nSPS) is 25.2. The Balaban J connectivity index is 1.94. The molecule has 2 aliphatic heterocycles. The molecule has 0 saturated carbocycles. The van der Waals surface area contributed by atoms with E-state index in [0.29, 0.717) is 45.3 Å². The highest BCUT2D eigenvalue weighted by atomic mass is 32.2. The molecule has 2 rings (SSSR count). The molecule has 0 aromatic heterocycles. The van der Waals surface area contributed by atoms with Crippen LogP contribution < -0.4 is 0 Å². The largest absolute Gasteiger partial charge is 0.343 e. The fourth-order valence-corrected chi connectivity index (χ4v) is 5.18. The molecule has 1 atom stereocenters. The van der Waals surface area contributed by atoms with Crippen molar-refractivity contribution in [1.82, 2.24) is 9.80 Å². The molecule has 2 fully saturated rings. The van der Waals surface area contributed by atoms with E-state index in [2.05, 4.69) is 0 Å². The van der Waals surface area contributed by atoms with E-state index in [4.69, 9.17) is 0 Å². The number of amides is 2. The van der Waals surface area contributed by atoms with Crippen molar-refractivity contribution in [3.05, 3.63) is 0 Å². The lowest BCUT2D eigenvalue weighted by molar-refractivity contribution is -0.141. The van der Waals surface area contributed by atoms with E-state index >= 15 is 0 Å². The number of likely N-dealkylation sites (tertiary alicyclic amines) is 1. The van der Waals surface area contributed by atoms with Crippen molar-refractivity contribution >= 4 is 21.7 Å². The van der Waals surface area contributed by atoms with Crippen molar-refractivity contribution in [1.29, 1.82) is 0 Å². The summed E-state index contributed by atoms with van der Waals surface area (Å²) in [6, 6.07) is -0.169. The molecule has 0 radical (unpaired) electrons. The van der Waals surface area contributed by atoms with Crippen molar-refractivity contribution in [2.24, 2.45) is 5.92 Å². The fourth-order valence-electron chi connectivity index (χ4n) is 3.45. The first kappa shape index (κ1) is 17.2. The maximum absolute atomic E-state index is 12.7. The number of hydrogen-bond acceptors (Lipinski definition) is 4. The van der Waals surface area contributed by atoms with Crippen molar-refractivity contribution in [2.45, 2.75) is 45.6 Å². The summed E-state index contributed by atoms with van der Waals surface area (Å²) in [6.45, 7) is 5.55. The Morgan fingerprint density at radius 1 is 1.14 bits per heavy atom. The third-order valence-corrected chi connectivity index (χ3v) is 6.52. The van der Waals surface area contributed by atoms with Crippen LogP contribution in [0.1, 0.15) is 39.5 Å². The van der Waals surface area contributed by atoms with Crippen molar-refractivity contribution in [3.8, 4) is 0 Å². The van der Waals surface area contributed by atoms with Gasteiger partial charge in [-0.1, -0.05) is 6.92 Å². The maximum Gasteiger partial charge on any atom is 0.226 e. The number of piperidine rings is 1. The summed E-state index contributed by atoms with van der Waals surface area (Å²) in [6.07, 6.45) is 2.41. The zero-order valence-electron chi connectivity index (χ0n) is 13.5. The number of sulfone groups is 1. The molecule has 0 spiro atoms. The van der Waals surface area contributed by atoms with Gasteiger partial charge in [0.05, 0.1) is 11.5 Å². The highest BCUT2D eigenvalue weighted by Gasteiger charge is 2.37. The van der Waals surface area contributed by atoms with Crippen molar-refractivity contribution in [3.63, 3.8) is 0 Å². The zero-order valence-corrected chi connectivity index (χ0v) is 14.3. The SMILES string of the molecule is CCC(=O)N1CCC(C(=O)N(CC)C2CCS(=O)(=O)C2)CC1. The first-order valence-electron chi connectivity index (χ1n) is 8.16. The van der Waals surface area contributed by atoms with Crippen LogP contribution in [0, 0.1) is 5.92 Å². The van der Waals surface area contributed by atoms with E-state index in [1.807, 2.05) is 18.7 Å². The second-order valence-electron chi connectivity index (χ2n) is 6.19. The second-order valence-corrected chi connectivity index (χ2v) is 8.42. The van der Waals surface area contributed by atoms with Crippen LogP contribution in [0.2, 0.25) is 0 Å². The first-order chi connectivity index (χ1) is 10.4. The van der Waals surface area contributed by atoms with Gasteiger partial charge in [-0.05, 0) is 26.2 Å². The molecule has 2 heterocycles. The van der Waals surface area contributed by atoms with E-state index in [-0.39, 0.29) is 35.3 Å². The van der Waals surface area contributed by atoms with Crippen LogP contribution in [0.15, 0.2) is 0 Å². The predicted octanol–water partition coefficient (Wildman–Crippen LogP) is 0.671. The Hall–Kier alpha value is -1.11. The van der Waals surface area contributed by atoms with Crippen LogP contribution in [0.4, 0.5) is 0 Å². The molecule has 0 bridgehead atoms. The van der Waals surface area contributed by atoms with E-state index in [1.165, 1.54) is 0 Å². The highest BCUT2D eigenvalue weighted by Crippen LogP contribution is 2.24. The second kappa shape index (κ2) is 6.98. The smallest absolute Gasteiger partial charge is 0.226 e. The summed E-state index contributed by atoms with van der Waals surface area (Å²) in [4.78, 5) is 27.9. The van der Waals surface area contributed by atoms with Gasteiger partial charge in [-0.25, -0.2) is 8.42 Å². The number of hydrogen-bond donors (Lipinski definition) is 0. The first-order valence-corrected chi connectivity index (χ1v) is 9.98. The molecule has 0 aromatic rings. The van der Waals surface area contributed by atoms with Gasteiger partial charge < -0.3 is 9.80 Å². The van der Waals surface area contributed by atoms with Crippen LogP contribution in [-0.4, -0.2) is 67.2 Å². The van der Waals surface area contributed by atoms with Crippen LogP contribution in [-0.2, 0) is 19.4 Å². The molecule has 2 aliphatic rings. The lowest BCUT2D eigenvalue weighted by atomic mass is 9.94. The molecule has 7 heteroatoms. The minimum absolute atomic E-state index is 0.0631. The van der Waals surface area contributed by atoms with Gasteiger partial charge in [-0.15, -0.1) is 0 Å². The van der Waals surface area contributed by atoms with Gasteiger partial charge in [-0.2, -0.15) is 0 Å². The summed E-state index contributed by atoms with van der Waals surface area (Å²) in [5, 5.41) is 0. The van der Waals surface area contributed by atoms with Crippen LogP contribution in [0.5, 0.6) is 0 Å². The molecule has 0 aromatic carbocycles. The maximum atomic E-state index is 12.7. The number of carbonyl (C=O) groups is 2. The quantitative estimate of drug-likeness (QED) is 0.759. The molecular weight excluding hydrogens is 304 g/mol. The minimum Gasteiger partial charge on any atom is -0.343 e. The number of nitrogens with zero attached hydrogens (tertiary/aromatic N) is 2. The molecular formula is C15H26N2O4S. The molecule has 22 heavy (non-hydrogen) atoms. The average molecular weight is 330 g/mol. The molecule has 6 nitrogen and oxygen atoms in total. The van der Waals surface area contributed by atoms with Gasteiger partial charge in [0.1, 0.15) is 0 Å². The van der Waals surface area contributed by atoms with Gasteiger partial charge in [0.2, 0.25) is 11.8 Å². The van der Waals surface area contributed by atoms with Crippen molar-refractivity contribution < 1.29 is 18.0 Å². The lowest BCUT2D eigenvalue weighted by Gasteiger charge is -2.35. The Labute approximate surface area is 132 Å². The van der Waals surface area contributed by atoms with Crippen LogP contribution >= 0.6 is 0 Å². The van der Waals surface area contributed by atoms with Gasteiger partial charge in [0.15, 0.2) is 9.84 Å². The third kappa shape index (κ3) is 3.80. The van der Waals surface area contributed by atoms with Gasteiger partial charge in [0, 0.05) is 38.0 Å². The van der Waals surface area contributed by atoms with Crippen LogP contribution in [0.25, 0.3) is 0 Å². The van der Waals surface area contributed by atoms with Gasteiger partial charge >= 0.3 is 0 Å². The molecule has 1 unspecified atom stereocenters. The van der Waals surface area contributed by atoms with Crippen molar-refractivity contribution in [2.75, 3.05) is 31.1 Å². The Morgan fingerprint density at radius 2 is 1.77 bits per heavy atom.